The summed E-state index contributed by atoms with van der Waals surface area (Å²) in [7, 11) is -3.69. The van der Waals surface area contributed by atoms with Gasteiger partial charge in [0.25, 0.3) is 10.0 Å². The molecular formula is C15H19N3O3S2. The van der Waals surface area contributed by atoms with Crippen molar-refractivity contribution in [3.05, 3.63) is 47.6 Å². The highest BCUT2D eigenvalue weighted by Crippen LogP contribution is 2.17. The van der Waals surface area contributed by atoms with Crippen molar-refractivity contribution >= 4 is 27.3 Å². The van der Waals surface area contributed by atoms with Crippen LogP contribution >= 0.6 is 11.3 Å². The summed E-state index contributed by atoms with van der Waals surface area (Å²) in [6.45, 7) is 3.90. The highest BCUT2D eigenvalue weighted by Gasteiger charge is 2.28. The lowest BCUT2D eigenvalue weighted by Crippen LogP contribution is -2.49. The van der Waals surface area contributed by atoms with Crippen molar-refractivity contribution in [3.8, 4) is 0 Å². The molecule has 0 aromatic carbocycles. The molecule has 0 radical (unpaired) electrons. The third-order valence-electron chi connectivity index (χ3n) is 3.18. The van der Waals surface area contributed by atoms with E-state index in [0.29, 0.717) is 6.54 Å². The van der Waals surface area contributed by atoms with Gasteiger partial charge in [-0.3, -0.25) is 9.78 Å². The summed E-state index contributed by atoms with van der Waals surface area (Å²) in [4.78, 5) is 16.3. The van der Waals surface area contributed by atoms with E-state index in [0.717, 1.165) is 16.9 Å². The van der Waals surface area contributed by atoms with Crippen LogP contribution in [0.5, 0.6) is 0 Å². The van der Waals surface area contributed by atoms with E-state index in [1.165, 1.54) is 6.07 Å². The number of rotatable bonds is 7. The Morgan fingerprint density at radius 3 is 2.65 bits per heavy atom. The highest BCUT2D eigenvalue weighted by atomic mass is 32.2. The summed E-state index contributed by atoms with van der Waals surface area (Å²) in [5.41, 5.74) is 0.851. The predicted molar refractivity (Wildman–Crippen MR) is 89.4 cm³/mol. The molecule has 1 amide bonds. The smallest absolute Gasteiger partial charge is 0.250 e. The first kappa shape index (κ1) is 17.6. The van der Waals surface area contributed by atoms with Crippen LogP contribution in [0.3, 0.4) is 0 Å². The van der Waals surface area contributed by atoms with Crippen molar-refractivity contribution in [2.24, 2.45) is 5.92 Å². The number of thiophene rings is 1. The van der Waals surface area contributed by atoms with Gasteiger partial charge < -0.3 is 5.32 Å². The number of hydrogen-bond acceptors (Lipinski definition) is 5. The first-order chi connectivity index (χ1) is 10.9. The third-order valence-corrected chi connectivity index (χ3v) is 6.02. The lowest BCUT2D eigenvalue weighted by Gasteiger charge is -2.21. The minimum atomic E-state index is -3.69. The molecule has 2 heterocycles. The second-order valence-corrected chi connectivity index (χ2v) is 8.24. The van der Waals surface area contributed by atoms with Gasteiger partial charge in [-0.25, -0.2) is 8.42 Å². The van der Waals surface area contributed by atoms with Crippen molar-refractivity contribution in [3.63, 3.8) is 0 Å². The second kappa shape index (κ2) is 7.67. The van der Waals surface area contributed by atoms with E-state index in [1.807, 2.05) is 6.07 Å². The zero-order valence-electron chi connectivity index (χ0n) is 12.9. The van der Waals surface area contributed by atoms with Crippen molar-refractivity contribution in [1.29, 1.82) is 0 Å². The van der Waals surface area contributed by atoms with Crippen LogP contribution in [0.4, 0.5) is 0 Å². The fourth-order valence-corrected chi connectivity index (χ4v) is 4.29. The Hall–Kier alpha value is -1.77. The molecule has 0 aliphatic heterocycles. The van der Waals surface area contributed by atoms with E-state index in [1.54, 1.807) is 43.8 Å². The van der Waals surface area contributed by atoms with Gasteiger partial charge in [-0.05, 0) is 29.0 Å². The number of amides is 1. The van der Waals surface area contributed by atoms with Crippen molar-refractivity contribution < 1.29 is 13.2 Å². The van der Waals surface area contributed by atoms with Crippen LogP contribution < -0.4 is 10.0 Å². The summed E-state index contributed by atoms with van der Waals surface area (Å²) >= 11 is 1.12. The minimum absolute atomic E-state index is 0.182. The van der Waals surface area contributed by atoms with Crippen LogP contribution in [0.2, 0.25) is 0 Å². The van der Waals surface area contributed by atoms with Crippen LogP contribution in [0.1, 0.15) is 19.4 Å². The van der Waals surface area contributed by atoms with Gasteiger partial charge in [-0.1, -0.05) is 26.0 Å². The number of nitrogens with zero attached hydrogens (tertiary/aromatic N) is 1. The molecular weight excluding hydrogens is 334 g/mol. The highest BCUT2D eigenvalue weighted by molar-refractivity contribution is 7.91. The summed E-state index contributed by atoms with van der Waals surface area (Å²) in [5.74, 6) is -0.539. The Labute approximate surface area is 140 Å². The molecule has 0 saturated carbocycles. The number of hydrogen-bond donors (Lipinski definition) is 2. The molecule has 2 rings (SSSR count). The molecule has 23 heavy (non-hydrogen) atoms. The predicted octanol–water partition coefficient (Wildman–Crippen LogP) is 1.76. The van der Waals surface area contributed by atoms with E-state index in [4.69, 9.17) is 0 Å². The average Bonchev–Trinajstić information content (AvgIpc) is 3.06. The molecule has 2 N–H and O–H groups in total. The van der Waals surface area contributed by atoms with Crippen molar-refractivity contribution in [1.82, 2.24) is 15.0 Å². The number of aromatic nitrogens is 1. The molecule has 1 unspecified atom stereocenters. The molecule has 6 nitrogen and oxygen atoms in total. The van der Waals surface area contributed by atoms with Gasteiger partial charge in [-0.2, -0.15) is 4.72 Å². The molecule has 0 saturated heterocycles. The van der Waals surface area contributed by atoms with Gasteiger partial charge in [0.15, 0.2) is 0 Å². The largest absolute Gasteiger partial charge is 0.351 e. The number of nitrogens with one attached hydrogen (secondary N) is 2. The lowest BCUT2D eigenvalue weighted by molar-refractivity contribution is -0.123. The van der Waals surface area contributed by atoms with Gasteiger partial charge in [0, 0.05) is 18.9 Å². The van der Waals surface area contributed by atoms with Crippen molar-refractivity contribution in [2.45, 2.75) is 30.6 Å². The van der Waals surface area contributed by atoms with Gasteiger partial charge in [0.1, 0.15) is 10.3 Å². The molecule has 2 aromatic heterocycles. The van der Waals surface area contributed by atoms with E-state index < -0.39 is 16.1 Å². The van der Waals surface area contributed by atoms with Crippen LogP contribution in [0.15, 0.2) is 46.2 Å². The molecule has 0 fully saturated rings. The van der Waals surface area contributed by atoms with Gasteiger partial charge in [0.2, 0.25) is 5.91 Å². The third kappa shape index (κ3) is 4.85. The molecule has 0 spiro atoms. The van der Waals surface area contributed by atoms with E-state index in [2.05, 4.69) is 15.0 Å². The summed E-state index contributed by atoms with van der Waals surface area (Å²) in [6.07, 6.45) is 3.30. The molecule has 2 aromatic rings. The van der Waals surface area contributed by atoms with Crippen LogP contribution in [-0.2, 0) is 21.4 Å². The number of sulfonamides is 1. The fourth-order valence-electron chi connectivity index (χ4n) is 1.94. The molecule has 124 valence electrons. The van der Waals surface area contributed by atoms with E-state index in [-0.39, 0.29) is 16.0 Å². The van der Waals surface area contributed by atoms with Crippen LogP contribution in [0.25, 0.3) is 0 Å². The van der Waals surface area contributed by atoms with Gasteiger partial charge in [-0.15, -0.1) is 11.3 Å². The quantitative estimate of drug-likeness (QED) is 0.794. The standard InChI is InChI=1S/C15H19N3O3S2/c1-11(2)14(18-23(20,21)13-6-4-8-22-13)15(19)17-10-12-5-3-7-16-9-12/h3-9,11,14,18H,10H2,1-2H3,(H,17,19). The Morgan fingerprint density at radius 1 is 1.30 bits per heavy atom. The summed E-state index contributed by atoms with van der Waals surface area (Å²) < 4.78 is 27.3. The SMILES string of the molecule is CC(C)C(NS(=O)(=O)c1cccs1)C(=O)NCc1cccnc1. The van der Waals surface area contributed by atoms with E-state index >= 15 is 0 Å². The first-order valence-electron chi connectivity index (χ1n) is 7.12. The zero-order chi connectivity index (χ0) is 16.9. The maximum atomic E-state index is 12.4. The molecule has 8 heteroatoms. The molecule has 0 aliphatic rings. The normalized spacial score (nSPS) is 13.0. The van der Waals surface area contributed by atoms with Crippen LogP contribution in [-0.4, -0.2) is 25.4 Å². The molecule has 0 bridgehead atoms. The Morgan fingerprint density at radius 2 is 2.09 bits per heavy atom. The lowest BCUT2D eigenvalue weighted by atomic mass is 10.0. The Bertz CT molecular complexity index is 729. The maximum absolute atomic E-state index is 12.4. The minimum Gasteiger partial charge on any atom is -0.351 e. The fraction of sp³-hybridized carbons (Fsp3) is 0.333. The monoisotopic (exact) mass is 353 g/mol. The maximum Gasteiger partial charge on any atom is 0.250 e. The topological polar surface area (TPSA) is 88.2 Å². The van der Waals surface area contributed by atoms with Gasteiger partial charge >= 0.3 is 0 Å². The Kier molecular flexibility index (Phi) is 5.86. The number of pyridine rings is 1. The summed E-state index contributed by atoms with van der Waals surface area (Å²) in [6, 6.07) is 5.96. The van der Waals surface area contributed by atoms with Crippen LogP contribution in [0, 0.1) is 5.92 Å². The Balaban J connectivity index is 2.05. The second-order valence-electron chi connectivity index (χ2n) is 5.35. The first-order valence-corrected chi connectivity index (χ1v) is 9.49. The number of carbonyl (C=O) groups is 1. The summed E-state index contributed by atoms with van der Waals surface area (Å²) in [5, 5.41) is 4.43. The molecule has 0 aliphatic carbocycles. The number of carbonyl (C=O) groups excluding carboxylic acids is 1. The average molecular weight is 353 g/mol. The van der Waals surface area contributed by atoms with E-state index in [9.17, 15) is 13.2 Å². The van der Waals surface area contributed by atoms with Gasteiger partial charge in [0.05, 0.1) is 0 Å². The van der Waals surface area contributed by atoms with Crippen molar-refractivity contribution in [2.75, 3.05) is 0 Å². The molecule has 1 atom stereocenters. The zero-order valence-corrected chi connectivity index (χ0v) is 14.5.